The van der Waals surface area contributed by atoms with Gasteiger partial charge in [-0.25, -0.2) is 4.18 Å². The Morgan fingerprint density at radius 3 is 2.62 bits per heavy atom. The molecule has 0 saturated carbocycles. The number of H-pyrrole nitrogens is 1. The van der Waals surface area contributed by atoms with Crippen LogP contribution in [0.2, 0.25) is 0 Å². The summed E-state index contributed by atoms with van der Waals surface area (Å²) in [4.78, 5) is 2.84. The molecule has 0 amide bonds. The van der Waals surface area contributed by atoms with Crippen LogP contribution < -0.4 is 4.18 Å². The lowest BCUT2D eigenvalue weighted by Crippen LogP contribution is -2.58. The van der Waals surface area contributed by atoms with Crippen LogP contribution in [-0.4, -0.2) is 71.1 Å². The van der Waals surface area contributed by atoms with E-state index in [-0.39, 0.29) is 5.75 Å². The summed E-state index contributed by atoms with van der Waals surface area (Å²) in [5.41, 5.74) is 0.643. The summed E-state index contributed by atoms with van der Waals surface area (Å²) in [6.45, 7) is -0.740. The topological polar surface area (TPSA) is 159 Å². The Balaban J connectivity index is 1.68. The molecule has 2 heterocycles. The highest BCUT2D eigenvalue weighted by Gasteiger charge is 2.43. The van der Waals surface area contributed by atoms with Crippen molar-refractivity contribution in [3.05, 3.63) is 28.9 Å². The van der Waals surface area contributed by atoms with Gasteiger partial charge in [0.2, 0.25) is 0 Å². The number of fused-ring (bicyclic) bond motifs is 1. The lowest BCUT2D eigenvalue weighted by Gasteiger charge is -2.37. The van der Waals surface area contributed by atoms with Gasteiger partial charge in [-0.1, -0.05) is 15.9 Å². The third-order valence-corrected chi connectivity index (χ3v) is 5.16. The number of aromatic nitrogens is 1. The molecule has 5 N–H and O–H groups in total. The Morgan fingerprint density at radius 1 is 1.15 bits per heavy atom. The molecule has 12 heteroatoms. The van der Waals surface area contributed by atoms with Crippen LogP contribution in [0.4, 0.5) is 0 Å². The molecule has 1 fully saturated rings. The van der Waals surface area contributed by atoms with Gasteiger partial charge in [-0.3, -0.25) is 0 Å². The van der Waals surface area contributed by atoms with E-state index in [4.69, 9.17) is 8.92 Å². The van der Waals surface area contributed by atoms with E-state index in [2.05, 4.69) is 25.1 Å². The fourth-order valence-corrected chi connectivity index (χ4v) is 3.56. The first-order valence-corrected chi connectivity index (χ1v) is 9.54. The minimum Gasteiger partial charge on any atom is -0.387 e. The largest absolute Gasteiger partial charge is 0.449 e. The van der Waals surface area contributed by atoms with Crippen molar-refractivity contribution in [2.45, 2.75) is 30.7 Å². The van der Waals surface area contributed by atoms with E-state index in [0.29, 0.717) is 15.4 Å². The van der Waals surface area contributed by atoms with Crippen molar-refractivity contribution in [3.63, 3.8) is 0 Å². The second-order valence-corrected chi connectivity index (χ2v) is 7.79. The van der Waals surface area contributed by atoms with Gasteiger partial charge in [0.25, 0.3) is 0 Å². The number of nitrogens with one attached hydrogen (secondary N) is 1. The average Bonchev–Trinajstić information content (AvgIpc) is 2.96. The average molecular weight is 454 g/mol. The van der Waals surface area contributed by atoms with Crippen LogP contribution in [0.5, 0.6) is 5.75 Å². The van der Waals surface area contributed by atoms with Crippen LogP contribution in [0.15, 0.2) is 28.9 Å². The van der Waals surface area contributed by atoms with Crippen molar-refractivity contribution in [2.24, 2.45) is 0 Å². The summed E-state index contributed by atoms with van der Waals surface area (Å²) >= 11 is 3.27. The lowest BCUT2D eigenvalue weighted by molar-refractivity contribution is -0.285. The summed E-state index contributed by atoms with van der Waals surface area (Å²) in [6, 6.07) is 5.14. The Hall–Kier alpha value is -1.25. The summed E-state index contributed by atoms with van der Waals surface area (Å²) in [7, 11) is -4.53. The fraction of sp³-hybridized carbons (Fsp3) is 0.429. The van der Waals surface area contributed by atoms with Crippen molar-refractivity contribution < 1.29 is 41.9 Å². The lowest BCUT2D eigenvalue weighted by atomic mass is 10.00. The van der Waals surface area contributed by atoms with E-state index in [1.807, 2.05) is 0 Å². The van der Waals surface area contributed by atoms with Gasteiger partial charge in [-0.2, -0.15) is 8.42 Å². The van der Waals surface area contributed by atoms with Crippen molar-refractivity contribution >= 4 is 37.2 Å². The van der Waals surface area contributed by atoms with E-state index in [9.17, 15) is 28.8 Å². The third-order valence-electron chi connectivity index (χ3n) is 3.86. The molecule has 5 atom stereocenters. The van der Waals surface area contributed by atoms with Crippen molar-refractivity contribution in [1.82, 2.24) is 4.98 Å². The number of benzene rings is 1. The van der Waals surface area contributed by atoms with Gasteiger partial charge in [-0.05, 0) is 18.2 Å². The monoisotopic (exact) mass is 453 g/mol. The zero-order valence-electron chi connectivity index (χ0n) is 13.0. The van der Waals surface area contributed by atoms with Crippen LogP contribution in [-0.2, 0) is 19.3 Å². The van der Waals surface area contributed by atoms with Crippen LogP contribution in [0, 0.1) is 0 Å². The molecule has 0 radical (unpaired) electrons. The molecule has 1 aromatic heterocycles. The third kappa shape index (κ3) is 4.02. The van der Waals surface area contributed by atoms with Crippen molar-refractivity contribution in [1.29, 1.82) is 0 Å². The van der Waals surface area contributed by atoms with Gasteiger partial charge < -0.3 is 34.3 Å². The Kier molecular flexibility index (Phi) is 5.55. The standard InChI is InChI=1S/C14H16BrNO9S/c15-6-1-2-8-7(3-6)9(4-16-8)25-26(21,22)23-5-10-11(17)12(18)13(19)14(20)24-10/h1-4,10-14,16-20H,5H2/t10-,11+,12+,13-,14-/m1/s1. The van der Waals surface area contributed by atoms with Gasteiger partial charge in [0.15, 0.2) is 12.0 Å². The number of aliphatic hydroxyl groups is 4. The number of rotatable bonds is 5. The quantitative estimate of drug-likeness (QED) is 0.397. The molecule has 1 aliphatic heterocycles. The molecule has 0 bridgehead atoms. The first-order valence-electron chi connectivity index (χ1n) is 7.41. The number of aromatic amines is 1. The predicted molar refractivity (Wildman–Crippen MR) is 90.4 cm³/mol. The molecule has 3 rings (SSSR count). The van der Waals surface area contributed by atoms with E-state index < -0.39 is 47.7 Å². The molecule has 26 heavy (non-hydrogen) atoms. The predicted octanol–water partition coefficient (Wildman–Crippen LogP) is -0.629. The highest BCUT2D eigenvalue weighted by molar-refractivity contribution is 9.10. The second kappa shape index (κ2) is 7.40. The fourth-order valence-electron chi connectivity index (χ4n) is 2.49. The molecular weight excluding hydrogens is 438 g/mol. The smallest absolute Gasteiger partial charge is 0.387 e. The maximum atomic E-state index is 12.0. The molecule has 0 unspecified atom stereocenters. The number of hydrogen-bond acceptors (Lipinski definition) is 9. The van der Waals surface area contributed by atoms with Crippen molar-refractivity contribution in [3.8, 4) is 5.75 Å². The molecule has 0 aliphatic carbocycles. The summed E-state index contributed by atoms with van der Waals surface area (Å²) in [5, 5.41) is 38.7. The number of ether oxygens (including phenoxy) is 1. The molecular formula is C14H16BrNO9S. The first kappa shape index (κ1) is 19.5. The van der Waals surface area contributed by atoms with Gasteiger partial charge in [0.05, 0.1) is 6.61 Å². The molecule has 1 aliphatic rings. The van der Waals surface area contributed by atoms with E-state index in [1.165, 1.54) is 6.20 Å². The Bertz CT molecular complexity index is 886. The van der Waals surface area contributed by atoms with E-state index >= 15 is 0 Å². The molecule has 2 aromatic rings. The summed E-state index contributed by atoms with van der Waals surface area (Å²) < 4.78 is 39.2. The van der Waals surface area contributed by atoms with Crippen LogP contribution >= 0.6 is 15.9 Å². The van der Waals surface area contributed by atoms with Gasteiger partial charge in [0.1, 0.15) is 24.4 Å². The normalized spacial score (nSPS) is 29.8. The molecule has 1 aromatic carbocycles. The Labute approximate surface area is 156 Å². The highest BCUT2D eigenvalue weighted by atomic mass is 79.9. The molecule has 0 spiro atoms. The van der Waals surface area contributed by atoms with Crippen LogP contribution in [0.25, 0.3) is 10.9 Å². The zero-order valence-corrected chi connectivity index (χ0v) is 15.4. The number of halogens is 1. The molecule has 1 saturated heterocycles. The summed E-state index contributed by atoms with van der Waals surface area (Å²) in [5.74, 6) is 0.00176. The molecule has 10 nitrogen and oxygen atoms in total. The second-order valence-electron chi connectivity index (χ2n) is 5.66. The zero-order chi connectivity index (χ0) is 19.1. The van der Waals surface area contributed by atoms with Gasteiger partial charge in [-0.15, -0.1) is 0 Å². The number of hydrogen-bond donors (Lipinski definition) is 5. The maximum Gasteiger partial charge on any atom is 0.449 e. The maximum absolute atomic E-state index is 12.0. The summed E-state index contributed by atoms with van der Waals surface area (Å²) in [6.07, 6.45) is -6.95. The van der Waals surface area contributed by atoms with E-state index in [1.54, 1.807) is 18.2 Å². The minimum absolute atomic E-state index is 0.00176. The number of aliphatic hydroxyl groups excluding tert-OH is 4. The molecule has 144 valence electrons. The van der Waals surface area contributed by atoms with Gasteiger partial charge in [0, 0.05) is 21.6 Å². The van der Waals surface area contributed by atoms with E-state index in [0.717, 1.165) is 0 Å². The highest BCUT2D eigenvalue weighted by Crippen LogP contribution is 2.29. The van der Waals surface area contributed by atoms with Crippen molar-refractivity contribution in [2.75, 3.05) is 6.61 Å². The van der Waals surface area contributed by atoms with Crippen LogP contribution in [0.3, 0.4) is 0 Å². The minimum atomic E-state index is -4.53. The van der Waals surface area contributed by atoms with Crippen LogP contribution in [0.1, 0.15) is 0 Å². The van der Waals surface area contributed by atoms with Gasteiger partial charge >= 0.3 is 10.4 Å². The Morgan fingerprint density at radius 2 is 1.88 bits per heavy atom. The first-order chi connectivity index (χ1) is 12.2. The SMILES string of the molecule is O=S(=O)(OC[C@H]1O[C@@H](O)[C@H](O)[C@@H](O)[C@H]1O)Oc1c[nH]c2ccc(Br)cc12.